The fourth-order valence-corrected chi connectivity index (χ4v) is 4.12. The summed E-state index contributed by atoms with van der Waals surface area (Å²) in [4.78, 5) is 0. The Labute approximate surface area is 193 Å². The van der Waals surface area contributed by atoms with Crippen molar-refractivity contribution in [2.45, 2.75) is 0 Å². The van der Waals surface area contributed by atoms with Gasteiger partial charge in [-0.25, -0.2) is 0 Å². The van der Waals surface area contributed by atoms with E-state index in [2.05, 4.69) is 134 Å². The predicted molar refractivity (Wildman–Crippen MR) is 130 cm³/mol. The molecule has 0 spiro atoms. The van der Waals surface area contributed by atoms with Crippen molar-refractivity contribution in [3.8, 4) is 0 Å². The largest absolute Gasteiger partial charge is 0.195 e. The van der Waals surface area contributed by atoms with E-state index >= 15 is 0 Å². The third kappa shape index (κ3) is 4.96. The van der Waals surface area contributed by atoms with Crippen LogP contribution in [0, 0.1) is 0 Å². The molecule has 0 nitrogen and oxygen atoms in total. The van der Waals surface area contributed by atoms with Crippen molar-refractivity contribution in [2.24, 2.45) is 0 Å². The van der Waals surface area contributed by atoms with Crippen LogP contribution in [0.4, 0.5) is 0 Å². The summed E-state index contributed by atoms with van der Waals surface area (Å²) in [5.74, 6) is 0. The number of rotatable bonds is 5. The van der Waals surface area contributed by atoms with Crippen molar-refractivity contribution >= 4 is 28.0 Å². The van der Waals surface area contributed by atoms with Gasteiger partial charge in [0.2, 0.25) is 0 Å². The molecule has 0 fully saturated rings. The summed E-state index contributed by atoms with van der Waals surface area (Å²) in [6.07, 6.45) is 2.06. The van der Waals surface area contributed by atoms with Crippen LogP contribution in [0.3, 0.4) is 0 Å². The number of hydrogen-bond donors (Lipinski definition) is 0. The van der Waals surface area contributed by atoms with Crippen molar-refractivity contribution in [3.05, 3.63) is 147 Å². The zero-order valence-electron chi connectivity index (χ0n) is 17.0. The average Bonchev–Trinajstić information content (AvgIpc) is 2.83. The first kappa shape index (κ1) is 23.3. The summed E-state index contributed by atoms with van der Waals surface area (Å²) in [5.41, 5.74) is 5.36. The van der Waals surface area contributed by atoms with Crippen molar-refractivity contribution < 1.29 is 19.5 Å². The first-order chi connectivity index (χ1) is 14.3. The Kier molecular flexibility index (Phi) is 9.26. The van der Waals surface area contributed by atoms with Crippen LogP contribution in [0.2, 0.25) is 0 Å². The average molecular weight is 476 g/mol. The zero-order chi connectivity index (χ0) is 20.4. The van der Waals surface area contributed by atoms with Crippen LogP contribution in [0.15, 0.2) is 147 Å². The van der Waals surface area contributed by atoms with E-state index in [4.69, 9.17) is 0 Å². The summed E-state index contributed by atoms with van der Waals surface area (Å²) < 4.78 is 0. The molecule has 2 heteroatoms. The van der Waals surface area contributed by atoms with Gasteiger partial charge < -0.3 is 0 Å². The molecule has 4 aromatic carbocycles. The van der Waals surface area contributed by atoms with E-state index in [1.165, 1.54) is 21.9 Å². The Balaban J connectivity index is 0.000000591. The van der Waals surface area contributed by atoms with Gasteiger partial charge in [-0.05, 0) is 0 Å². The quantitative estimate of drug-likeness (QED) is 0.296. The molecule has 0 aromatic heterocycles. The Morgan fingerprint density at radius 3 is 0.767 bits per heavy atom. The van der Waals surface area contributed by atoms with Crippen molar-refractivity contribution in [1.29, 1.82) is 0 Å². The standard InChI is InChI=1S/C24H20B.C4H6.Rh/c1-5-13-21(14-6-1)25(22-15-7-2-8-16-22,23-17-9-3-10-18-23)24-19-11-4-12-20-24;1-3-4-2;/h1-20H;3-4H,1-2H2;/q-1;;. The molecule has 1 radical (unpaired) electrons. The molecule has 0 aliphatic carbocycles. The van der Waals surface area contributed by atoms with Gasteiger partial charge in [-0.1, -0.05) is 147 Å². The molecule has 0 amide bonds. The van der Waals surface area contributed by atoms with Gasteiger partial charge in [0, 0.05) is 19.5 Å². The zero-order valence-corrected chi connectivity index (χ0v) is 18.7. The van der Waals surface area contributed by atoms with Gasteiger partial charge in [-0.15, -0.1) is 0 Å². The molecule has 0 heterocycles. The van der Waals surface area contributed by atoms with Crippen molar-refractivity contribution in [2.75, 3.05) is 0 Å². The van der Waals surface area contributed by atoms with Crippen LogP contribution in [0.5, 0.6) is 0 Å². The summed E-state index contributed by atoms with van der Waals surface area (Å²) in [6, 6.07) is 43.5. The van der Waals surface area contributed by atoms with E-state index in [-0.39, 0.29) is 19.5 Å². The van der Waals surface area contributed by atoms with Gasteiger partial charge >= 0.3 is 0 Å². The molecule has 0 saturated carbocycles. The van der Waals surface area contributed by atoms with Crippen LogP contribution >= 0.6 is 0 Å². The summed E-state index contributed by atoms with van der Waals surface area (Å²) in [7, 11) is 0. The number of allylic oxidation sites excluding steroid dienone is 2. The molecule has 30 heavy (non-hydrogen) atoms. The maximum absolute atomic E-state index is 3.36. The maximum atomic E-state index is 3.36. The van der Waals surface area contributed by atoms with Crippen LogP contribution in [-0.2, 0) is 19.5 Å². The van der Waals surface area contributed by atoms with E-state index in [1.54, 1.807) is 12.2 Å². The monoisotopic (exact) mass is 476 g/mol. The minimum absolute atomic E-state index is 0. The third-order valence-electron chi connectivity index (χ3n) is 5.36. The molecular weight excluding hydrogens is 450 g/mol. The topological polar surface area (TPSA) is 0 Å². The van der Waals surface area contributed by atoms with Crippen LogP contribution in [0.1, 0.15) is 0 Å². The molecule has 0 atom stereocenters. The van der Waals surface area contributed by atoms with Crippen molar-refractivity contribution in [3.63, 3.8) is 0 Å². The molecule has 0 aliphatic heterocycles. The molecule has 151 valence electrons. The van der Waals surface area contributed by atoms with Crippen LogP contribution in [0.25, 0.3) is 0 Å². The fourth-order valence-electron chi connectivity index (χ4n) is 4.12. The fraction of sp³-hybridized carbons (Fsp3) is 0. The molecule has 4 aromatic rings. The SMILES string of the molecule is C=CC=C.[Rh].c1ccc([B-](c2ccccc2)(c2ccccc2)c2ccccc2)cc1. The second kappa shape index (κ2) is 11.9. The van der Waals surface area contributed by atoms with E-state index in [1.807, 2.05) is 0 Å². The molecule has 4 rings (SSSR count). The minimum atomic E-state index is -1.22. The number of benzene rings is 4. The van der Waals surface area contributed by atoms with Gasteiger partial charge in [0.15, 0.2) is 0 Å². The molecule has 0 bridgehead atoms. The summed E-state index contributed by atoms with van der Waals surface area (Å²) in [6.45, 7) is 6.72. The molecule has 0 saturated heterocycles. The summed E-state index contributed by atoms with van der Waals surface area (Å²) in [5, 5.41) is 0. The molecular formula is C28H26BRh-. The van der Waals surface area contributed by atoms with E-state index < -0.39 is 6.15 Å². The molecule has 0 N–H and O–H groups in total. The Morgan fingerprint density at radius 2 is 0.600 bits per heavy atom. The minimum Gasteiger partial charge on any atom is -0.195 e. The van der Waals surface area contributed by atoms with Gasteiger partial charge in [0.25, 0.3) is 0 Å². The Hall–Kier alpha value is -2.95. The van der Waals surface area contributed by atoms with Crippen LogP contribution < -0.4 is 21.9 Å². The van der Waals surface area contributed by atoms with E-state index in [0.717, 1.165) is 0 Å². The number of hydrogen-bond acceptors (Lipinski definition) is 0. The first-order valence-corrected chi connectivity index (χ1v) is 9.95. The second-order valence-corrected chi connectivity index (χ2v) is 6.98. The third-order valence-corrected chi connectivity index (χ3v) is 5.36. The van der Waals surface area contributed by atoms with Gasteiger partial charge in [0.05, 0.1) is 0 Å². The first-order valence-electron chi connectivity index (χ1n) is 9.95. The molecule has 0 aliphatic rings. The smallest absolute Gasteiger partial charge is 0.108 e. The Morgan fingerprint density at radius 1 is 0.400 bits per heavy atom. The van der Waals surface area contributed by atoms with E-state index in [9.17, 15) is 0 Å². The second-order valence-electron chi connectivity index (χ2n) is 6.98. The summed E-state index contributed by atoms with van der Waals surface area (Å²) >= 11 is 0. The Bertz CT molecular complexity index is 844. The maximum Gasteiger partial charge on any atom is 0.108 e. The molecule has 0 unspecified atom stereocenters. The van der Waals surface area contributed by atoms with Crippen LogP contribution in [-0.4, -0.2) is 6.15 Å². The van der Waals surface area contributed by atoms with Crippen molar-refractivity contribution in [1.82, 2.24) is 0 Å². The van der Waals surface area contributed by atoms with E-state index in [0.29, 0.717) is 0 Å². The predicted octanol–water partition coefficient (Wildman–Crippen LogP) is 4.42. The van der Waals surface area contributed by atoms with Gasteiger partial charge in [-0.2, -0.15) is 21.9 Å². The van der Waals surface area contributed by atoms with Gasteiger partial charge in [-0.3, -0.25) is 0 Å². The normalized spacial score (nSPS) is 10.0. The van der Waals surface area contributed by atoms with Gasteiger partial charge in [0.1, 0.15) is 6.15 Å².